The Bertz CT molecular complexity index is 810. The fraction of sp³-hybridized carbons (Fsp3) is 0.368. The first-order valence-electron chi connectivity index (χ1n) is 8.87. The monoisotopic (exact) mass is 388 g/mol. The molecular formula is C19H21ClN4O3. The maximum Gasteiger partial charge on any atom is 0.308 e. The number of nitrogens with one attached hydrogen (secondary N) is 1. The Kier molecular flexibility index (Phi) is 6.24. The molecular weight excluding hydrogens is 368 g/mol. The van der Waals surface area contributed by atoms with Crippen LogP contribution in [0.25, 0.3) is 0 Å². The van der Waals surface area contributed by atoms with Gasteiger partial charge in [-0.25, -0.2) is 9.97 Å². The van der Waals surface area contributed by atoms with Crippen molar-refractivity contribution in [1.29, 1.82) is 0 Å². The van der Waals surface area contributed by atoms with Gasteiger partial charge in [-0.3, -0.25) is 9.59 Å². The van der Waals surface area contributed by atoms with Crippen LogP contribution in [0.5, 0.6) is 0 Å². The van der Waals surface area contributed by atoms with Crippen molar-refractivity contribution in [3.8, 4) is 0 Å². The first-order valence-corrected chi connectivity index (χ1v) is 9.25. The van der Waals surface area contributed by atoms with Crippen LogP contribution in [0.3, 0.4) is 0 Å². The van der Waals surface area contributed by atoms with Crippen LogP contribution in [0.4, 0.5) is 5.95 Å². The molecule has 0 aliphatic carbocycles. The zero-order chi connectivity index (χ0) is 19.2. The number of hydrogen-bond acceptors (Lipinski definition) is 5. The summed E-state index contributed by atoms with van der Waals surface area (Å²) in [6, 6.07) is 9.31. The van der Waals surface area contributed by atoms with Crippen molar-refractivity contribution in [2.75, 3.05) is 24.5 Å². The predicted octanol–water partition coefficient (Wildman–Crippen LogP) is 2.40. The normalized spacial score (nSPS) is 14.8. The number of amides is 1. The molecule has 1 aromatic carbocycles. The lowest BCUT2D eigenvalue weighted by molar-refractivity contribution is -0.141. The second kappa shape index (κ2) is 8.81. The maximum absolute atomic E-state index is 12.5. The number of aliphatic carboxylic acids is 1. The van der Waals surface area contributed by atoms with E-state index in [4.69, 9.17) is 11.6 Å². The summed E-state index contributed by atoms with van der Waals surface area (Å²) >= 11 is 6.08. The van der Waals surface area contributed by atoms with Gasteiger partial charge in [-0.1, -0.05) is 41.9 Å². The van der Waals surface area contributed by atoms with Gasteiger partial charge in [0, 0.05) is 19.6 Å². The van der Waals surface area contributed by atoms with E-state index < -0.39 is 17.8 Å². The SMILES string of the molecule is O=C(NC[C@@H](Cc1ccccc1)C(=O)O)c1nc(N2CCCC2)ncc1Cl. The van der Waals surface area contributed by atoms with E-state index in [1.165, 1.54) is 6.20 Å². The van der Waals surface area contributed by atoms with E-state index >= 15 is 0 Å². The highest BCUT2D eigenvalue weighted by molar-refractivity contribution is 6.33. The van der Waals surface area contributed by atoms with Gasteiger partial charge in [0.1, 0.15) is 0 Å². The van der Waals surface area contributed by atoms with Crippen molar-refractivity contribution in [2.24, 2.45) is 5.92 Å². The lowest BCUT2D eigenvalue weighted by Crippen LogP contribution is -2.35. The minimum absolute atomic E-state index is 0.0115. The molecule has 0 spiro atoms. The van der Waals surface area contributed by atoms with Crippen molar-refractivity contribution >= 4 is 29.4 Å². The van der Waals surface area contributed by atoms with Crippen LogP contribution in [0.15, 0.2) is 36.5 Å². The molecule has 2 N–H and O–H groups in total. The van der Waals surface area contributed by atoms with E-state index in [1.807, 2.05) is 35.2 Å². The van der Waals surface area contributed by atoms with Crippen LogP contribution < -0.4 is 10.2 Å². The molecule has 0 bridgehead atoms. The minimum Gasteiger partial charge on any atom is -0.481 e. The molecule has 1 aromatic heterocycles. The molecule has 8 heteroatoms. The number of hydrogen-bond donors (Lipinski definition) is 2. The summed E-state index contributed by atoms with van der Waals surface area (Å²) in [5.74, 6) is -1.73. The fourth-order valence-electron chi connectivity index (χ4n) is 3.03. The zero-order valence-corrected chi connectivity index (χ0v) is 15.5. The number of carbonyl (C=O) groups is 2. The number of anilines is 1. The summed E-state index contributed by atoms with van der Waals surface area (Å²) in [5.41, 5.74) is 0.966. The standard InChI is InChI=1S/C19H21ClN4O3/c20-15-12-22-19(24-8-4-5-9-24)23-16(15)17(25)21-11-14(18(26)27)10-13-6-2-1-3-7-13/h1-3,6-7,12,14H,4-5,8-11H2,(H,21,25)(H,26,27)/t14-/m1/s1. The van der Waals surface area contributed by atoms with Crippen molar-refractivity contribution in [3.63, 3.8) is 0 Å². The van der Waals surface area contributed by atoms with Crippen LogP contribution in [0.1, 0.15) is 28.9 Å². The number of aromatic nitrogens is 2. The average Bonchev–Trinajstić information content (AvgIpc) is 3.20. The smallest absolute Gasteiger partial charge is 0.308 e. The van der Waals surface area contributed by atoms with Crippen LogP contribution >= 0.6 is 11.6 Å². The highest BCUT2D eigenvalue weighted by Gasteiger charge is 2.22. The first kappa shape index (κ1) is 19.1. The van der Waals surface area contributed by atoms with Gasteiger partial charge in [0.05, 0.1) is 17.1 Å². The van der Waals surface area contributed by atoms with Gasteiger partial charge < -0.3 is 15.3 Å². The summed E-state index contributed by atoms with van der Waals surface area (Å²) in [6.45, 7) is 1.68. The van der Waals surface area contributed by atoms with E-state index in [1.54, 1.807) is 0 Å². The van der Waals surface area contributed by atoms with Gasteiger partial charge >= 0.3 is 5.97 Å². The predicted molar refractivity (Wildman–Crippen MR) is 102 cm³/mol. The van der Waals surface area contributed by atoms with Gasteiger partial charge in [-0.15, -0.1) is 0 Å². The summed E-state index contributed by atoms with van der Waals surface area (Å²) in [4.78, 5) is 34.5. The second-order valence-electron chi connectivity index (χ2n) is 6.50. The Morgan fingerprint density at radius 1 is 1.22 bits per heavy atom. The van der Waals surface area contributed by atoms with E-state index in [2.05, 4.69) is 15.3 Å². The number of carboxylic acids is 1. The number of carbonyl (C=O) groups excluding carboxylic acids is 1. The van der Waals surface area contributed by atoms with Crippen LogP contribution in [-0.4, -0.2) is 46.6 Å². The molecule has 7 nitrogen and oxygen atoms in total. The Hall–Kier alpha value is -2.67. The average molecular weight is 389 g/mol. The summed E-state index contributed by atoms with van der Waals surface area (Å²) < 4.78 is 0. The van der Waals surface area contributed by atoms with Gasteiger partial charge in [0.25, 0.3) is 5.91 Å². The van der Waals surface area contributed by atoms with Crippen molar-refractivity contribution in [2.45, 2.75) is 19.3 Å². The van der Waals surface area contributed by atoms with Crippen molar-refractivity contribution < 1.29 is 14.7 Å². The molecule has 1 aliphatic rings. The zero-order valence-electron chi connectivity index (χ0n) is 14.8. The van der Waals surface area contributed by atoms with Gasteiger partial charge in [0.2, 0.25) is 5.95 Å². The molecule has 3 rings (SSSR count). The van der Waals surface area contributed by atoms with Crippen LogP contribution in [0, 0.1) is 5.92 Å². The van der Waals surface area contributed by atoms with Crippen molar-refractivity contribution in [3.05, 3.63) is 52.8 Å². The Balaban J connectivity index is 1.66. The third-order valence-electron chi connectivity index (χ3n) is 4.52. The summed E-state index contributed by atoms with van der Waals surface area (Å²) in [7, 11) is 0. The molecule has 1 aliphatic heterocycles. The second-order valence-corrected chi connectivity index (χ2v) is 6.90. The largest absolute Gasteiger partial charge is 0.481 e. The highest BCUT2D eigenvalue weighted by Crippen LogP contribution is 2.20. The number of carboxylic acid groups (broad SMARTS) is 1. The molecule has 0 radical (unpaired) electrons. The van der Waals surface area contributed by atoms with Gasteiger partial charge in [-0.2, -0.15) is 0 Å². The van der Waals surface area contributed by atoms with E-state index in [9.17, 15) is 14.7 Å². The minimum atomic E-state index is -0.967. The fourth-order valence-corrected chi connectivity index (χ4v) is 3.21. The Morgan fingerprint density at radius 3 is 2.59 bits per heavy atom. The summed E-state index contributed by atoms with van der Waals surface area (Å²) in [6.07, 6.45) is 3.86. The third kappa shape index (κ3) is 4.95. The highest BCUT2D eigenvalue weighted by atomic mass is 35.5. The Labute approximate surface area is 162 Å². The molecule has 0 unspecified atom stereocenters. The maximum atomic E-state index is 12.5. The molecule has 0 saturated carbocycles. The molecule has 142 valence electrons. The molecule has 1 atom stereocenters. The molecule has 1 fully saturated rings. The molecule has 2 aromatic rings. The topological polar surface area (TPSA) is 95.4 Å². The summed E-state index contributed by atoms with van der Waals surface area (Å²) in [5, 5.41) is 12.2. The van der Waals surface area contributed by atoms with Crippen molar-refractivity contribution in [1.82, 2.24) is 15.3 Å². The number of nitrogens with zero attached hydrogens (tertiary/aromatic N) is 3. The number of halogens is 1. The lowest BCUT2D eigenvalue weighted by atomic mass is 9.99. The number of benzene rings is 1. The third-order valence-corrected chi connectivity index (χ3v) is 4.80. The lowest BCUT2D eigenvalue weighted by Gasteiger charge is -2.17. The van der Waals surface area contributed by atoms with Crippen LogP contribution in [0.2, 0.25) is 5.02 Å². The van der Waals surface area contributed by atoms with Gasteiger partial charge in [-0.05, 0) is 24.8 Å². The molecule has 1 saturated heterocycles. The molecule has 2 heterocycles. The van der Waals surface area contributed by atoms with E-state index in [-0.39, 0.29) is 17.3 Å². The first-order chi connectivity index (χ1) is 13.0. The van der Waals surface area contributed by atoms with Crippen LogP contribution in [-0.2, 0) is 11.2 Å². The number of rotatable bonds is 7. The molecule has 1 amide bonds. The van der Waals surface area contributed by atoms with E-state index in [0.29, 0.717) is 12.4 Å². The van der Waals surface area contributed by atoms with Gasteiger partial charge in [0.15, 0.2) is 5.69 Å². The Morgan fingerprint density at radius 2 is 1.93 bits per heavy atom. The molecule has 27 heavy (non-hydrogen) atoms. The quantitative estimate of drug-likeness (QED) is 0.756. The van der Waals surface area contributed by atoms with E-state index in [0.717, 1.165) is 31.5 Å².